The first kappa shape index (κ1) is 21.9. The molecule has 0 radical (unpaired) electrons. The van der Waals surface area contributed by atoms with Crippen LogP contribution in [-0.4, -0.2) is 6.61 Å². The van der Waals surface area contributed by atoms with Gasteiger partial charge < -0.3 is 4.74 Å². The number of hydrogen-bond acceptors (Lipinski definition) is 1. The van der Waals surface area contributed by atoms with E-state index in [1.54, 1.807) is 12.1 Å². The van der Waals surface area contributed by atoms with E-state index >= 15 is 0 Å². The van der Waals surface area contributed by atoms with Gasteiger partial charge >= 0.3 is 6.61 Å². The summed E-state index contributed by atoms with van der Waals surface area (Å²) in [5.74, 6) is -1.60. The fourth-order valence-electron chi connectivity index (χ4n) is 4.58. The van der Waals surface area contributed by atoms with Crippen LogP contribution in [0.15, 0.2) is 24.3 Å². The number of alkyl halides is 2. The van der Waals surface area contributed by atoms with Crippen LogP contribution in [0.5, 0.6) is 5.75 Å². The standard InChI is InChI=1S/C24H30F4O/c1-2-3-4-5-16-6-8-17(9-7-16)10-11-18-12-13-20-19(14-18)15-21(25)23(22(20)26)29-24(27)28/h12-17,24H,2-11H2,1H3. The van der Waals surface area contributed by atoms with E-state index in [9.17, 15) is 17.6 Å². The van der Waals surface area contributed by atoms with Crippen LogP contribution in [0, 0.1) is 23.5 Å². The molecule has 2 aromatic carbocycles. The summed E-state index contributed by atoms with van der Waals surface area (Å²) in [4.78, 5) is 0. The Kier molecular flexibility index (Phi) is 7.79. The van der Waals surface area contributed by atoms with E-state index < -0.39 is 24.0 Å². The topological polar surface area (TPSA) is 9.23 Å². The molecule has 1 aliphatic carbocycles. The van der Waals surface area contributed by atoms with Crippen molar-refractivity contribution in [3.8, 4) is 5.75 Å². The van der Waals surface area contributed by atoms with Gasteiger partial charge in [0.05, 0.1) is 0 Å². The van der Waals surface area contributed by atoms with Gasteiger partial charge in [-0.1, -0.05) is 76.5 Å². The Morgan fingerprint density at radius 1 is 0.966 bits per heavy atom. The summed E-state index contributed by atoms with van der Waals surface area (Å²) >= 11 is 0. The minimum atomic E-state index is -3.27. The Hall–Kier alpha value is -1.78. The van der Waals surface area contributed by atoms with Gasteiger partial charge in [-0.15, -0.1) is 0 Å². The molecule has 0 aromatic heterocycles. The molecule has 0 bridgehead atoms. The smallest absolute Gasteiger partial charge is 0.387 e. The Morgan fingerprint density at radius 2 is 1.66 bits per heavy atom. The van der Waals surface area contributed by atoms with Crippen LogP contribution in [0.4, 0.5) is 17.6 Å². The summed E-state index contributed by atoms with van der Waals surface area (Å²) in [6.45, 7) is -1.03. The van der Waals surface area contributed by atoms with Crippen molar-refractivity contribution in [3.63, 3.8) is 0 Å². The average molecular weight is 410 g/mol. The molecule has 2 aromatic rings. The third-order valence-corrected chi connectivity index (χ3v) is 6.28. The molecule has 3 rings (SSSR count). The molecule has 0 amide bonds. The molecule has 1 saturated carbocycles. The molecule has 0 unspecified atom stereocenters. The van der Waals surface area contributed by atoms with Crippen LogP contribution in [0.3, 0.4) is 0 Å². The largest absolute Gasteiger partial charge is 0.429 e. The monoisotopic (exact) mass is 410 g/mol. The Morgan fingerprint density at radius 3 is 2.31 bits per heavy atom. The second-order valence-electron chi connectivity index (χ2n) is 8.36. The van der Waals surface area contributed by atoms with E-state index in [0.717, 1.165) is 30.4 Å². The van der Waals surface area contributed by atoms with Crippen LogP contribution >= 0.6 is 0 Å². The third kappa shape index (κ3) is 5.86. The first-order valence-corrected chi connectivity index (χ1v) is 10.8. The lowest BCUT2D eigenvalue weighted by atomic mass is 9.77. The zero-order valence-corrected chi connectivity index (χ0v) is 17.0. The van der Waals surface area contributed by atoms with Gasteiger partial charge in [0.2, 0.25) is 0 Å². The van der Waals surface area contributed by atoms with Gasteiger partial charge in [-0.2, -0.15) is 8.78 Å². The number of aryl methyl sites for hydroxylation is 1. The van der Waals surface area contributed by atoms with Gasteiger partial charge in [0.1, 0.15) is 0 Å². The van der Waals surface area contributed by atoms with E-state index in [1.165, 1.54) is 57.4 Å². The summed E-state index contributed by atoms with van der Waals surface area (Å²) in [7, 11) is 0. The van der Waals surface area contributed by atoms with Crippen molar-refractivity contribution in [2.45, 2.75) is 77.7 Å². The number of rotatable bonds is 9. The summed E-state index contributed by atoms with van der Waals surface area (Å²) in [6.07, 6.45) is 12.4. The van der Waals surface area contributed by atoms with Crippen molar-refractivity contribution in [2.75, 3.05) is 0 Å². The molecule has 29 heavy (non-hydrogen) atoms. The van der Waals surface area contributed by atoms with Crippen LogP contribution < -0.4 is 4.74 Å². The van der Waals surface area contributed by atoms with Gasteiger partial charge in [0.25, 0.3) is 0 Å². The lowest BCUT2D eigenvalue weighted by Gasteiger charge is -2.28. The highest BCUT2D eigenvalue weighted by molar-refractivity contribution is 5.85. The van der Waals surface area contributed by atoms with Crippen molar-refractivity contribution in [2.24, 2.45) is 11.8 Å². The van der Waals surface area contributed by atoms with Crippen LogP contribution in [-0.2, 0) is 6.42 Å². The number of ether oxygens (including phenoxy) is 1. The normalized spacial score (nSPS) is 19.8. The Balaban J connectivity index is 1.58. The fraction of sp³-hybridized carbons (Fsp3) is 0.583. The molecule has 5 heteroatoms. The predicted molar refractivity (Wildman–Crippen MR) is 108 cm³/mol. The molecule has 1 fully saturated rings. The molecule has 0 aliphatic heterocycles. The van der Waals surface area contributed by atoms with Gasteiger partial charge in [-0.25, -0.2) is 8.78 Å². The average Bonchev–Trinajstić information content (AvgIpc) is 2.70. The number of halogens is 4. The SMILES string of the molecule is CCCCCC1CCC(CCc2ccc3c(F)c(OC(F)F)c(F)cc3c2)CC1. The minimum absolute atomic E-state index is 0.0957. The highest BCUT2D eigenvalue weighted by Gasteiger charge is 2.21. The summed E-state index contributed by atoms with van der Waals surface area (Å²) in [6, 6.07) is 6.15. The van der Waals surface area contributed by atoms with Crippen LogP contribution in [0.2, 0.25) is 0 Å². The van der Waals surface area contributed by atoms with Crippen molar-refractivity contribution >= 4 is 10.8 Å². The molecule has 0 spiro atoms. The first-order chi connectivity index (χ1) is 14.0. The summed E-state index contributed by atoms with van der Waals surface area (Å²) in [5, 5.41) is 0.470. The molecule has 0 N–H and O–H groups in total. The number of unbranched alkanes of at least 4 members (excludes halogenated alkanes) is 2. The second-order valence-corrected chi connectivity index (χ2v) is 8.36. The van der Waals surface area contributed by atoms with Gasteiger partial charge in [0.15, 0.2) is 17.4 Å². The number of hydrogen-bond donors (Lipinski definition) is 0. The maximum absolute atomic E-state index is 14.3. The lowest BCUT2D eigenvalue weighted by Crippen LogP contribution is -2.15. The van der Waals surface area contributed by atoms with E-state index in [4.69, 9.17) is 0 Å². The lowest BCUT2D eigenvalue weighted by molar-refractivity contribution is -0.0544. The quantitative estimate of drug-likeness (QED) is 0.300. The van der Waals surface area contributed by atoms with E-state index in [2.05, 4.69) is 11.7 Å². The molecule has 0 atom stereocenters. The number of fused-ring (bicyclic) bond motifs is 1. The molecule has 160 valence electrons. The van der Waals surface area contributed by atoms with Crippen molar-refractivity contribution in [1.82, 2.24) is 0 Å². The van der Waals surface area contributed by atoms with Crippen LogP contribution in [0.1, 0.15) is 70.3 Å². The summed E-state index contributed by atoms with van der Waals surface area (Å²) in [5.41, 5.74) is 1.02. The van der Waals surface area contributed by atoms with Crippen molar-refractivity contribution in [1.29, 1.82) is 0 Å². The van der Waals surface area contributed by atoms with E-state index in [0.29, 0.717) is 11.3 Å². The van der Waals surface area contributed by atoms with Gasteiger partial charge in [0, 0.05) is 5.39 Å². The molecular weight excluding hydrogens is 380 g/mol. The fourth-order valence-corrected chi connectivity index (χ4v) is 4.58. The van der Waals surface area contributed by atoms with Gasteiger partial charge in [-0.3, -0.25) is 0 Å². The third-order valence-electron chi connectivity index (χ3n) is 6.28. The minimum Gasteiger partial charge on any atom is -0.429 e. The van der Waals surface area contributed by atoms with E-state index in [1.807, 2.05) is 0 Å². The van der Waals surface area contributed by atoms with Crippen molar-refractivity contribution < 1.29 is 22.3 Å². The highest BCUT2D eigenvalue weighted by Crippen LogP contribution is 2.35. The predicted octanol–water partition coefficient (Wildman–Crippen LogP) is 8.04. The molecule has 1 nitrogen and oxygen atoms in total. The zero-order valence-electron chi connectivity index (χ0n) is 17.0. The molecule has 0 saturated heterocycles. The van der Waals surface area contributed by atoms with E-state index in [-0.39, 0.29) is 5.39 Å². The molecular formula is C24H30F4O. The maximum atomic E-state index is 14.3. The summed E-state index contributed by atoms with van der Waals surface area (Å²) < 4.78 is 57.1. The van der Waals surface area contributed by atoms with Crippen molar-refractivity contribution in [3.05, 3.63) is 41.5 Å². The molecule has 0 heterocycles. The van der Waals surface area contributed by atoms with Gasteiger partial charge in [-0.05, 0) is 41.7 Å². The highest BCUT2D eigenvalue weighted by atomic mass is 19.3. The zero-order chi connectivity index (χ0) is 20.8. The first-order valence-electron chi connectivity index (χ1n) is 10.8. The number of benzene rings is 2. The maximum Gasteiger partial charge on any atom is 0.387 e. The Labute approximate surface area is 170 Å². The molecule has 1 aliphatic rings. The second kappa shape index (κ2) is 10.3. The van der Waals surface area contributed by atoms with Crippen LogP contribution in [0.25, 0.3) is 10.8 Å². The Bertz CT molecular complexity index is 797.